The Morgan fingerprint density at radius 3 is 2.12 bits per heavy atom. The van der Waals surface area contributed by atoms with Crippen molar-refractivity contribution in [2.24, 2.45) is 5.92 Å². The summed E-state index contributed by atoms with van der Waals surface area (Å²) in [6, 6.07) is 27.5. The molecule has 0 aliphatic rings. The van der Waals surface area contributed by atoms with Crippen LogP contribution in [0.25, 0.3) is 0 Å². The second-order valence-corrected chi connectivity index (χ2v) is 10.9. The number of ether oxygens (including phenoxy) is 2. The molecule has 0 saturated heterocycles. The Morgan fingerprint density at radius 2 is 1.38 bits per heavy atom. The van der Waals surface area contributed by atoms with Gasteiger partial charge in [0.05, 0.1) is 18.8 Å². The van der Waals surface area contributed by atoms with E-state index in [1.54, 1.807) is 0 Å². The van der Waals surface area contributed by atoms with E-state index < -0.39 is 0 Å². The van der Waals surface area contributed by atoms with Crippen LogP contribution in [0, 0.1) is 5.92 Å². The highest BCUT2D eigenvalue weighted by Gasteiger charge is 2.10. The molecule has 0 aliphatic heterocycles. The van der Waals surface area contributed by atoms with Gasteiger partial charge < -0.3 is 9.47 Å². The molecule has 0 spiro atoms. The van der Waals surface area contributed by atoms with Gasteiger partial charge in [0.25, 0.3) is 0 Å². The number of unbranched alkanes of at least 4 members (excludes halogenated alkanes) is 3. The number of carbonyl (C=O) groups is 2. The minimum Gasteiger partial charge on any atom is -0.466 e. The SMILES string of the molecule is CCOC(=O)CCCCC(/C=C\Cc1cccc(CCCCCc2ccccc2)c1)Cc1ccc(C(=O)OCC)cc1. The van der Waals surface area contributed by atoms with E-state index in [0.717, 1.165) is 44.9 Å². The summed E-state index contributed by atoms with van der Waals surface area (Å²) in [6.07, 6.45) is 15.7. The van der Waals surface area contributed by atoms with E-state index in [0.29, 0.717) is 31.1 Å². The lowest BCUT2D eigenvalue weighted by Crippen LogP contribution is -2.06. The maximum atomic E-state index is 12.0. The van der Waals surface area contributed by atoms with Gasteiger partial charge in [-0.05, 0) is 106 Å². The highest BCUT2D eigenvalue weighted by molar-refractivity contribution is 5.89. The molecule has 1 atom stereocenters. The van der Waals surface area contributed by atoms with Gasteiger partial charge in [-0.25, -0.2) is 4.79 Å². The van der Waals surface area contributed by atoms with Gasteiger partial charge in [0, 0.05) is 6.42 Å². The average molecular weight is 569 g/mol. The van der Waals surface area contributed by atoms with Gasteiger partial charge in [-0.15, -0.1) is 0 Å². The van der Waals surface area contributed by atoms with Gasteiger partial charge in [0.2, 0.25) is 0 Å². The number of aryl methyl sites for hydroxylation is 2. The molecule has 42 heavy (non-hydrogen) atoms. The highest BCUT2D eigenvalue weighted by atomic mass is 16.5. The van der Waals surface area contributed by atoms with E-state index in [4.69, 9.17) is 9.47 Å². The first kappa shape index (κ1) is 32.8. The monoisotopic (exact) mass is 568 g/mol. The molecule has 224 valence electrons. The molecular formula is C38H48O4. The molecule has 3 aromatic rings. The average Bonchev–Trinajstić information content (AvgIpc) is 3.00. The van der Waals surface area contributed by atoms with Gasteiger partial charge in [-0.2, -0.15) is 0 Å². The fourth-order valence-electron chi connectivity index (χ4n) is 5.26. The second kappa shape index (κ2) is 19.5. The number of benzene rings is 3. The molecule has 4 nitrogen and oxygen atoms in total. The maximum absolute atomic E-state index is 12.0. The van der Waals surface area contributed by atoms with Crippen molar-refractivity contribution >= 4 is 11.9 Å². The largest absolute Gasteiger partial charge is 0.466 e. The van der Waals surface area contributed by atoms with Crippen molar-refractivity contribution in [2.75, 3.05) is 13.2 Å². The minimum absolute atomic E-state index is 0.116. The molecule has 0 N–H and O–H groups in total. The standard InChI is InChI=1S/C38H48O4/c1-3-41-37(39)24-12-11-19-33(30-35-25-27-36(28-26-35)38(40)42-4-2)21-14-23-34-22-13-20-32(29-34)18-10-6-9-17-31-15-7-5-8-16-31/h5,7-8,13-16,20-22,25-29,33H,3-4,6,9-12,17-19,23-24,30H2,1-2H3/b21-14-. The number of hydrogen-bond acceptors (Lipinski definition) is 4. The molecule has 0 fully saturated rings. The lowest BCUT2D eigenvalue weighted by molar-refractivity contribution is -0.143. The third kappa shape index (κ3) is 12.9. The van der Waals surface area contributed by atoms with Crippen molar-refractivity contribution in [1.29, 1.82) is 0 Å². The molecule has 0 bridgehead atoms. The van der Waals surface area contributed by atoms with Crippen molar-refractivity contribution in [1.82, 2.24) is 0 Å². The third-order valence-corrected chi connectivity index (χ3v) is 7.50. The molecule has 3 rings (SSSR count). The summed E-state index contributed by atoms with van der Waals surface area (Å²) in [5, 5.41) is 0. The molecule has 0 heterocycles. The first-order valence-electron chi connectivity index (χ1n) is 15.8. The quantitative estimate of drug-likeness (QED) is 0.0823. The maximum Gasteiger partial charge on any atom is 0.338 e. The molecule has 3 aromatic carbocycles. The van der Waals surface area contributed by atoms with E-state index in [-0.39, 0.29) is 11.9 Å². The summed E-state index contributed by atoms with van der Waals surface area (Å²) < 4.78 is 10.2. The first-order valence-corrected chi connectivity index (χ1v) is 15.8. The van der Waals surface area contributed by atoms with Crippen molar-refractivity contribution < 1.29 is 19.1 Å². The van der Waals surface area contributed by atoms with Crippen molar-refractivity contribution in [3.8, 4) is 0 Å². The van der Waals surface area contributed by atoms with Gasteiger partial charge in [-0.3, -0.25) is 4.79 Å². The van der Waals surface area contributed by atoms with Crippen LogP contribution in [0.3, 0.4) is 0 Å². The summed E-state index contributed by atoms with van der Waals surface area (Å²) in [7, 11) is 0. The van der Waals surface area contributed by atoms with Gasteiger partial charge in [0.1, 0.15) is 0 Å². The van der Waals surface area contributed by atoms with Crippen LogP contribution in [0.15, 0.2) is 91.0 Å². The molecule has 0 aliphatic carbocycles. The summed E-state index contributed by atoms with van der Waals surface area (Å²) in [5.74, 6) is -0.0439. The topological polar surface area (TPSA) is 52.6 Å². The fraction of sp³-hybridized carbons (Fsp3) is 0.421. The van der Waals surface area contributed by atoms with Crippen molar-refractivity contribution in [3.05, 3.63) is 119 Å². The van der Waals surface area contributed by atoms with Crippen LogP contribution >= 0.6 is 0 Å². The Balaban J connectivity index is 1.51. The van der Waals surface area contributed by atoms with E-state index in [1.807, 2.05) is 38.1 Å². The summed E-state index contributed by atoms with van der Waals surface area (Å²) in [4.78, 5) is 23.8. The predicted molar refractivity (Wildman–Crippen MR) is 172 cm³/mol. The third-order valence-electron chi connectivity index (χ3n) is 7.50. The second-order valence-electron chi connectivity index (χ2n) is 10.9. The normalized spacial score (nSPS) is 11.9. The Labute approximate surface area is 253 Å². The molecule has 0 saturated carbocycles. The Bertz CT molecular complexity index is 1210. The molecule has 1 unspecified atom stereocenters. The van der Waals surface area contributed by atoms with Gasteiger partial charge in [0.15, 0.2) is 0 Å². The van der Waals surface area contributed by atoms with Crippen LogP contribution in [0.1, 0.15) is 91.4 Å². The molecule has 4 heteroatoms. The number of allylic oxidation sites excluding steroid dienone is 2. The molecular weight excluding hydrogens is 520 g/mol. The lowest BCUT2D eigenvalue weighted by atomic mass is 9.92. The molecule has 0 radical (unpaired) electrons. The summed E-state index contributed by atoms with van der Waals surface area (Å²) in [5.41, 5.74) is 5.96. The van der Waals surface area contributed by atoms with E-state index in [1.165, 1.54) is 41.5 Å². The van der Waals surface area contributed by atoms with Gasteiger partial charge in [-0.1, -0.05) is 91.7 Å². The zero-order valence-electron chi connectivity index (χ0n) is 25.6. The van der Waals surface area contributed by atoms with E-state index in [2.05, 4.69) is 66.7 Å². The zero-order chi connectivity index (χ0) is 29.8. The predicted octanol–water partition coefficient (Wildman–Crippen LogP) is 8.90. The van der Waals surface area contributed by atoms with Crippen LogP contribution < -0.4 is 0 Å². The Hall–Kier alpha value is -3.66. The van der Waals surface area contributed by atoms with Crippen molar-refractivity contribution in [3.63, 3.8) is 0 Å². The first-order chi connectivity index (χ1) is 20.6. The van der Waals surface area contributed by atoms with Crippen LogP contribution in [0.4, 0.5) is 0 Å². The molecule has 0 amide bonds. The van der Waals surface area contributed by atoms with Gasteiger partial charge >= 0.3 is 11.9 Å². The van der Waals surface area contributed by atoms with Crippen LogP contribution in [-0.4, -0.2) is 25.2 Å². The Morgan fingerprint density at radius 1 is 0.690 bits per heavy atom. The minimum atomic E-state index is -0.283. The number of carbonyl (C=O) groups excluding carboxylic acids is 2. The van der Waals surface area contributed by atoms with Crippen LogP contribution in [-0.2, 0) is 40.0 Å². The van der Waals surface area contributed by atoms with Crippen molar-refractivity contribution in [2.45, 2.75) is 84.5 Å². The number of hydrogen-bond donors (Lipinski definition) is 0. The molecule has 0 aromatic heterocycles. The summed E-state index contributed by atoms with van der Waals surface area (Å²) >= 11 is 0. The number of esters is 2. The fourth-order valence-corrected chi connectivity index (χ4v) is 5.26. The number of rotatable bonds is 19. The van der Waals surface area contributed by atoms with Crippen LogP contribution in [0.5, 0.6) is 0 Å². The van der Waals surface area contributed by atoms with E-state index >= 15 is 0 Å². The smallest absolute Gasteiger partial charge is 0.338 e. The van der Waals surface area contributed by atoms with E-state index in [9.17, 15) is 9.59 Å². The zero-order valence-corrected chi connectivity index (χ0v) is 25.6. The summed E-state index contributed by atoms with van der Waals surface area (Å²) in [6.45, 7) is 4.46. The Kier molecular flexibility index (Phi) is 15.2. The van der Waals surface area contributed by atoms with Crippen LogP contribution in [0.2, 0.25) is 0 Å². The highest BCUT2D eigenvalue weighted by Crippen LogP contribution is 2.20. The lowest BCUT2D eigenvalue weighted by Gasteiger charge is -2.14.